The zero-order valence-corrected chi connectivity index (χ0v) is 19.3. The predicted octanol–water partition coefficient (Wildman–Crippen LogP) is 4.53. The van der Waals surface area contributed by atoms with Crippen LogP contribution in [-0.4, -0.2) is 37.9 Å². The van der Waals surface area contributed by atoms with Crippen molar-refractivity contribution in [1.29, 1.82) is 0 Å². The molecule has 168 valence electrons. The van der Waals surface area contributed by atoms with E-state index in [-0.39, 0.29) is 24.4 Å². The van der Waals surface area contributed by atoms with Crippen molar-refractivity contribution in [3.8, 4) is 0 Å². The predicted molar refractivity (Wildman–Crippen MR) is 122 cm³/mol. The SMILES string of the molecule is C=C(C)CS(=O)(=O)C1O[C@@H](C)[C@@H](C)[C@@H](OCc2ccccc2)[C@@H]1OCc1ccccc1. The second-order valence-electron chi connectivity index (χ2n) is 8.36. The molecule has 0 bridgehead atoms. The fourth-order valence-electron chi connectivity index (χ4n) is 3.80. The van der Waals surface area contributed by atoms with Crippen LogP contribution in [0.5, 0.6) is 0 Å². The number of benzene rings is 2. The van der Waals surface area contributed by atoms with Gasteiger partial charge in [0.25, 0.3) is 0 Å². The molecule has 2 aromatic carbocycles. The second kappa shape index (κ2) is 10.6. The second-order valence-corrected chi connectivity index (χ2v) is 10.4. The summed E-state index contributed by atoms with van der Waals surface area (Å²) in [6.45, 7) is 10.0. The summed E-state index contributed by atoms with van der Waals surface area (Å²) in [7, 11) is -3.64. The molecular formula is C25H32O5S. The molecule has 1 aliphatic heterocycles. The van der Waals surface area contributed by atoms with Gasteiger partial charge in [-0.3, -0.25) is 0 Å². The van der Waals surface area contributed by atoms with Gasteiger partial charge in [0.1, 0.15) is 6.10 Å². The van der Waals surface area contributed by atoms with Gasteiger partial charge in [0, 0.05) is 5.92 Å². The molecule has 5 atom stereocenters. The van der Waals surface area contributed by atoms with Crippen LogP contribution in [0.2, 0.25) is 0 Å². The maximum absolute atomic E-state index is 13.2. The Morgan fingerprint density at radius 1 is 0.903 bits per heavy atom. The molecule has 1 aliphatic rings. The van der Waals surface area contributed by atoms with Crippen molar-refractivity contribution in [1.82, 2.24) is 0 Å². The van der Waals surface area contributed by atoms with Crippen LogP contribution in [0.4, 0.5) is 0 Å². The monoisotopic (exact) mass is 444 g/mol. The lowest BCUT2D eigenvalue weighted by molar-refractivity contribution is -0.206. The lowest BCUT2D eigenvalue weighted by atomic mass is 9.92. The fourth-order valence-corrected chi connectivity index (χ4v) is 5.64. The van der Waals surface area contributed by atoms with E-state index in [2.05, 4.69) is 6.58 Å². The smallest absolute Gasteiger partial charge is 0.187 e. The van der Waals surface area contributed by atoms with Crippen LogP contribution in [0.15, 0.2) is 72.8 Å². The molecule has 0 aromatic heterocycles. The fraction of sp³-hybridized carbons (Fsp3) is 0.440. The van der Waals surface area contributed by atoms with Crippen LogP contribution in [0.3, 0.4) is 0 Å². The van der Waals surface area contributed by atoms with Gasteiger partial charge in [-0.1, -0.05) is 79.7 Å². The molecule has 5 nitrogen and oxygen atoms in total. The summed E-state index contributed by atoms with van der Waals surface area (Å²) in [5.41, 5.74) is 1.45. The summed E-state index contributed by atoms with van der Waals surface area (Å²) in [6, 6.07) is 19.5. The molecule has 1 unspecified atom stereocenters. The zero-order chi connectivity index (χ0) is 22.4. The third-order valence-electron chi connectivity index (χ3n) is 5.57. The number of hydrogen-bond donors (Lipinski definition) is 0. The summed E-state index contributed by atoms with van der Waals surface area (Å²) in [6.07, 6.45) is -1.47. The van der Waals surface area contributed by atoms with Gasteiger partial charge in [-0.05, 0) is 25.0 Å². The molecule has 31 heavy (non-hydrogen) atoms. The van der Waals surface area contributed by atoms with Gasteiger partial charge < -0.3 is 14.2 Å². The summed E-state index contributed by atoms with van der Waals surface area (Å²) in [5.74, 6) is -0.184. The van der Waals surface area contributed by atoms with E-state index in [4.69, 9.17) is 14.2 Å². The third-order valence-corrected chi connectivity index (χ3v) is 7.55. The maximum atomic E-state index is 13.2. The Bertz CT molecular complexity index is 942. The highest BCUT2D eigenvalue weighted by molar-refractivity contribution is 7.92. The Balaban J connectivity index is 1.87. The Kier molecular flexibility index (Phi) is 8.06. The quantitative estimate of drug-likeness (QED) is 0.532. The molecule has 1 saturated heterocycles. The molecule has 0 saturated carbocycles. The topological polar surface area (TPSA) is 61.8 Å². The van der Waals surface area contributed by atoms with Gasteiger partial charge in [0.05, 0.1) is 31.2 Å². The van der Waals surface area contributed by atoms with E-state index in [9.17, 15) is 8.42 Å². The van der Waals surface area contributed by atoms with E-state index in [1.54, 1.807) is 6.92 Å². The molecular weight excluding hydrogens is 412 g/mol. The van der Waals surface area contributed by atoms with Gasteiger partial charge in [0.15, 0.2) is 15.3 Å². The molecule has 2 aromatic rings. The van der Waals surface area contributed by atoms with Gasteiger partial charge in [-0.2, -0.15) is 0 Å². The zero-order valence-electron chi connectivity index (χ0n) is 18.4. The lowest BCUT2D eigenvalue weighted by Gasteiger charge is -2.44. The average molecular weight is 445 g/mol. The van der Waals surface area contributed by atoms with Crippen LogP contribution in [0.25, 0.3) is 0 Å². The van der Waals surface area contributed by atoms with E-state index >= 15 is 0 Å². The minimum atomic E-state index is -3.64. The van der Waals surface area contributed by atoms with Crippen molar-refractivity contribution < 1.29 is 22.6 Å². The van der Waals surface area contributed by atoms with E-state index < -0.39 is 27.5 Å². The summed E-state index contributed by atoms with van der Waals surface area (Å²) >= 11 is 0. The molecule has 0 amide bonds. The molecule has 0 N–H and O–H groups in total. The van der Waals surface area contributed by atoms with Gasteiger partial charge in [0.2, 0.25) is 0 Å². The van der Waals surface area contributed by atoms with Crippen LogP contribution in [0.1, 0.15) is 31.9 Å². The first kappa shape index (κ1) is 23.7. The van der Waals surface area contributed by atoms with Crippen LogP contribution in [-0.2, 0) is 37.3 Å². The maximum Gasteiger partial charge on any atom is 0.187 e. The van der Waals surface area contributed by atoms with Gasteiger partial charge >= 0.3 is 0 Å². The van der Waals surface area contributed by atoms with E-state index in [0.717, 1.165) is 11.1 Å². The Morgan fingerprint density at radius 3 is 1.87 bits per heavy atom. The standard InChI is InChI=1S/C25H32O5S/c1-18(2)17-31(26,27)25-24(29-16-22-13-9-6-10-14-22)23(19(3)20(4)30-25)28-15-21-11-7-5-8-12-21/h5-14,19-20,23-25H,1,15-17H2,2-4H3/t19-,20+,23-,24+,25?/m1/s1. The summed E-state index contributed by atoms with van der Waals surface area (Å²) in [5, 5.41) is 0. The Hall–Kier alpha value is -1.99. The van der Waals surface area contributed by atoms with Gasteiger partial charge in [-0.15, -0.1) is 0 Å². The summed E-state index contributed by atoms with van der Waals surface area (Å²) < 4.78 is 44.9. The molecule has 6 heteroatoms. The van der Waals surface area contributed by atoms with Crippen molar-refractivity contribution in [3.63, 3.8) is 0 Å². The number of sulfone groups is 1. The van der Waals surface area contributed by atoms with Crippen LogP contribution < -0.4 is 0 Å². The van der Waals surface area contributed by atoms with E-state index in [1.807, 2.05) is 74.5 Å². The van der Waals surface area contributed by atoms with Crippen molar-refractivity contribution in [2.45, 2.75) is 57.7 Å². The molecule has 1 fully saturated rings. The van der Waals surface area contributed by atoms with Crippen molar-refractivity contribution in [3.05, 3.63) is 83.9 Å². The van der Waals surface area contributed by atoms with E-state index in [0.29, 0.717) is 12.2 Å². The Labute approximate surface area is 186 Å². The molecule has 1 heterocycles. The van der Waals surface area contributed by atoms with Crippen molar-refractivity contribution >= 4 is 9.84 Å². The minimum absolute atomic E-state index is 0.0410. The van der Waals surface area contributed by atoms with Gasteiger partial charge in [-0.25, -0.2) is 8.42 Å². The first-order valence-electron chi connectivity index (χ1n) is 10.6. The highest BCUT2D eigenvalue weighted by atomic mass is 32.2. The molecule has 3 rings (SSSR count). The van der Waals surface area contributed by atoms with E-state index in [1.165, 1.54) is 0 Å². The number of ether oxygens (including phenoxy) is 3. The molecule has 0 radical (unpaired) electrons. The van der Waals surface area contributed by atoms with Crippen molar-refractivity contribution in [2.24, 2.45) is 5.92 Å². The molecule has 0 spiro atoms. The number of rotatable bonds is 9. The van der Waals surface area contributed by atoms with Crippen LogP contribution in [0, 0.1) is 5.92 Å². The molecule has 0 aliphatic carbocycles. The average Bonchev–Trinajstić information content (AvgIpc) is 2.74. The Morgan fingerprint density at radius 2 is 1.39 bits per heavy atom. The lowest BCUT2D eigenvalue weighted by Crippen LogP contribution is -2.57. The first-order chi connectivity index (χ1) is 14.8. The number of hydrogen-bond acceptors (Lipinski definition) is 5. The van der Waals surface area contributed by atoms with Crippen molar-refractivity contribution in [2.75, 3.05) is 5.75 Å². The highest BCUT2D eigenvalue weighted by Gasteiger charge is 2.49. The largest absolute Gasteiger partial charge is 0.370 e. The minimum Gasteiger partial charge on any atom is -0.370 e. The highest BCUT2D eigenvalue weighted by Crippen LogP contribution is 2.34. The third kappa shape index (κ3) is 6.26. The normalized spacial score (nSPS) is 26.5. The first-order valence-corrected chi connectivity index (χ1v) is 12.3. The summed E-state index contributed by atoms with van der Waals surface area (Å²) in [4.78, 5) is 0. The van der Waals surface area contributed by atoms with Crippen LogP contribution >= 0.6 is 0 Å².